The Morgan fingerprint density at radius 1 is 1.07 bits per heavy atom. The van der Waals surface area contributed by atoms with Crippen LogP contribution in [0.2, 0.25) is 5.02 Å². The summed E-state index contributed by atoms with van der Waals surface area (Å²) < 4.78 is 19.7. The summed E-state index contributed by atoms with van der Waals surface area (Å²) >= 11 is 6.16. The van der Waals surface area contributed by atoms with Crippen LogP contribution >= 0.6 is 11.6 Å². The van der Waals surface area contributed by atoms with E-state index in [0.717, 1.165) is 5.56 Å². The molecule has 1 aliphatic rings. The zero-order valence-electron chi connectivity index (χ0n) is 16.5. The SMILES string of the molecule is Cc1ccc(Cl)c(OC(C)C(=O)N2CCCN(C(=O)c3ccccc3F)CC2)c1. The molecule has 2 aromatic carbocycles. The quantitative estimate of drug-likeness (QED) is 0.755. The summed E-state index contributed by atoms with van der Waals surface area (Å²) in [5.41, 5.74) is 1.04. The predicted octanol–water partition coefficient (Wildman–Crippen LogP) is 3.93. The molecule has 2 amide bonds. The van der Waals surface area contributed by atoms with Crippen molar-refractivity contribution in [1.29, 1.82) is 0 Å². The predicted molar refractivity (Wildman–Crippen MR) is 110 cm³/mol. The Labute approximate surface area is 175 Å². The number of hydrogen-bond acceptors (Lipinski definition) is 3. The maximum absolute atomic E-state index is 13.9. The topological polar surface area (TPSA) is 49.9 Å². The van der Waals surface area contributed by atoms with Gasteiger partial charge in [0.05, 0.1) is 10.6 Å². The summed E-state index contributed by atoms with van der Waals surface area (Å²) in [6.07, 6.45) is -0.0905. The van der Waals surface area contributed by atoms with E-state index in [-0.39, 0.29) is 17.4 Å². The largest absolute Gasteiger partial charge is 0.479 e. The fraction of sp³-hybridized carbons (Fsp3) is 0.364. The molecule has 0 aliphatic carbocycles. The van der Waals surface area contributed by atoms with E-state index in [1.807, 2.05) is 13.0 Å². The van der Waals surface area contributed by atoms with Crippen LogP contribution < -0.4 is 4.74 Å². The zero-order chi connectivity index (χ0) is 21.0. The van der Waals surface area contributed by atoms with E-state index in [1.54, 1.807) is 41.0 Å². The van der Waals surface area contributed by atoms with E-state index in [0.29, 0.717) is 43.4 Å². The lowest BCUT2D eigenvalue weighted by Crippen LogP contribution is -2.43. The number of carbonyl (C=O) groups excluding carboxylic acids is 2. The van der Waals surface area contributed by atoms with Gasteiger partial charge in [-0.15, -0.1) is 0 Å². The van der Waals surface area contributed by atoms with E-state index in [9.17, 15) is 14.0 Å². The average molecular weight is 419 g/mol. The van der Waals surface area contributed by atoms with Gasteiger partial charge in [0.1, 0.15) is 11.6 Å². The van der Waals surface area contributed by atoms with Crippen LogP contribution in [0, 0.1) is 12.7 Å². The highest BCUT2D eigenvalue weighted by Gasteiger charge is 2.27. The number of hydrogen-bond donors (Lipinski definition) is 0. The molecule has 29 heavy (non-hydrogen) atoms. The van der Waals surface area contributed by atoms with Gasteiger partial charge < -0.3 is 14.5 Å². The number of aryl methyl sites for hydroxylation is 1. The first kappa shape index (κ1) is 21.1. The van der Waals surface area contributed by atoms with Crippen LogP contribution in [0.15, 0.2) is 42.5 Å². The molecule has 1 aliphatic heterocycles. The van der Waals surface area contributed by atoms with Crippen molar-refractivity contribution in [3.63, 3.8) is 0 Å². The van der Waals surface area contributed by atoms with Crippen LogP contribution in [0.5, 0.6) is 5.75 Å². The number of amides is 2. The van der Waals surface area contributed by atoms with Crippen LogP contribution in [0.4, 0.5) is 4.39 Å². The third kappa shape index (κ3) is 5.07. The summed E-state index contributed by atoms with van der Waals surface area (Å²) in [5, 5.41) is 0.452. The molecule has 1 heterocycles. The zero-order valence-corrected chi connectivity index (χ0v) is 17.3. The molecule has 1 atom stereocenters. The Kier molecular flexibility index (Phi) is 6.75. The summed E-state index contributed by atoms with van der Waals surface area (Å²) in [6.45, 7) is 5.30. The average Bonchev–Trinajstić information content (AvgIpc) is 2.96. The summed E-state index contributed by atoms with van der Waals surface area (Å²) in [5.74, 6) is -0.582. The second kappa shape index (κ2) is 9.27. The van der Waals surface area contributed by atoms with Crippen LogP contribution in [-0.2, 0) is 4.79 Å². The van der Waals surface area contributed by atoms with Gasteiger partial charge in [-0.3, -0.25) is 9.59 Å². The van der Waals surface area contributed by atoms with Gasteiger partial charge in [0.25, 0.3) is 11.8 Å². The van der Waals surface area contributed by atoms with Crippen LogP contribution in [0.3, 0.4) is 0 Å². The van der Waals surface area contributed by atoms with Crippen molar-refractivity contribution in [3.8, 4) is 5.75 Å². The minimum absolute atomic E-state index is 0.0538. The first-order valence-corrected chi connectivity index (χ1v) is 10.00. The number of rotatable bonds is 4. The Hall–Kier alpha value is -2.60. The Bertz CT molecular complexity index is 905. The molecule has 0 saturated carbocycles. The fourth-order valence-corrected chi connectivity index (χ4v) is 3.51. The van der Waals surface area contributed by atoms with Crippen molar-refractivity contribution in [2.75, 3.05) is 26.2 Å². The highest BCUT2D eigenvalue weighted by Crippen LogP contribution is 2.26. The molecule has 0 radical (unpaired) electrons. The van der Waals surface area contributed by atoms with Crippen molar-refractivity contribution in [3.05, 3.63) is 64.4 Å². The lowest BCUT2D eigenvalue weighted by Gasteiger charge is -2.25. The highest BCUT2D eigenvalue weighted by molar-refractivity contribution is 6.32. The number of nitrogens with zero attached hydrogens (tertiary/aromatic N) is 2. The molecule has 0 N–H and O–H groups in total. The summed E-state index contributed by atoms with van der Waals surface area (Å²) in [6, 6.07) is 11.3. The molecule has 154 valence electrons. The molecule has 0 aromatic heterocycles. The second-order valence-electron chi connectivity index (χ2n) is 7.14. The van der Waals surface area contributed by atoms with Crippen molar-refractivity contribution in [2.24, 2.45) is 0 Å². The molecular weight excluding hydrogens is 395 g/mol. The highest BCUT2D eigenvalue weighted by atomic mass is 35.5. The van der Waals surface area contributed by atoms with Crippen LogP contribution in [0.1, 0.15) is 29.3 Å². The molecule has 1 saturated heterocycles. The molecule has 0 spiro atoms. The van der Waals surface area contributed by atoms with Gasteiger partial charge in [-0.25, -0.2) is 4.39 Å². The number of benzene rings is 2. The summed E-state index contributed by atoms with van der Waals surface area (Å²) in [4.78, 5) is 28.8. The fourth-order valence-electron chi connectivity index (χ4n) is 3.34. The summed E-state index contributed by atoms with van der Waals surface area (Å²) in [7, 11) is 0. The van der Waals surface area contributed by atoms with Gasteiger partial charge in [0.15, 0.2) is 6.10 Å². The minimum atomic E-state index is -0.705. The van der Waals surface area contributed by atoms with E-state index >= 15 is 0 Å². The molecule has 3 rings (SSSR count). The minimum Gasteiger partial charge on any atom is -0.479 e. The van der Waals surface area contributed by atoms with Gasteiger partial charge in [-0.1, -0.05) is 29.8 Å². The van der Waals surface area contributed by atoms with E-state index in [4.69, 9.17) is 16.3 Å². The monoisotopic (exact) mass is 418 g/mol. The van der Waals surface area contributed by atoms with Gasteiger partial charge >= 0.3 is 0 Å². The molecule has 5 nitrogen and oxygen atoms in total. The Morgan fingerprint density at radius 3 is 2.52 bits per heavy atom. The second-order valence-corrected chi connectivity index (χ2v) is 7.55. The molecule has 0 bridgehead atoms. The Morgan fingerprint density at radius 2 is 1.76 bits per heavy atom. The number of halogens is 2. The standard InChI is InChI=1S/C22H24ClFN2O3/c1-15-8-9-18(23)20(14-15)29-16(2)21(27)25-10-5-11-26(13-12-25)22(28)17-6-3-4-7-19(17)24/h3-4,6-9,14,16H,5,10-13H2,1-2H3. The molecule has 2 aromatic rings. The van der Waals surface area contributed by atoms with E-state index in [1.165, 1.54) is 12.1 Å². The molecule has 1 fully saturated rings. The van der Waals surface area contributed by atoms with Crippen molar-refractivity contribution < 1.29 is 18.7 Å². The third-order valence-electron chi connectivity index (χ3n) is 4.94. The van der Waals surface area contributed by atoms with Gasteiger partial charge in [-0.05, 0) is 50.1 Å². The maximum Gasteiger partial charge on any atom is 0.263 e. The first-order chi connectivity index (χ1) is 13.9. The van der Waals surface area contributed by atoms with Gasteiger partial charge in [-0.2, -0.15) is 0 Å². The van der Waals surface area contributed by atoms with Crippen molar-refractivity contribution in [2.45, 2.75) is 26.4 Å². The van der Waals surface area contributed by atoms with Gasteiger partial charge in [0.2, 0.25) is 0 Å². The Balaban J connectivity index is 1.62. The smallest absolute Gasteiger partial charge is 0.263 e. The molecule has 1 unspecified atom stereocenters. The maximum atomic E-state index is 13.9. The number of carbonyl (C=O) groups is 2. The lowest BCUT2D eigenvalue weighted by atomic mass is 10.2. The normalized spacial score (nSPS) is 15.6. The molecular formula is C22H24ClFN2O3. The number of ether oxygens (including phenoxy) is 1. The van der Waals surface area contributed by atoms with Gasteiger partial charge in [0, 0.05) is 26.2 Å². The van der Waals surface area contributed by atoms with Crippen LogP contribution in [0.25, 0.3) is 0 Å². The molecule has 7 heteroatoms. The van der Waals surface area contributed by atoms with E-state index in [2.05, 4.69) is 0 Å². The third-order valence-corrected chi connectivity index (χ3v) is 5.25. The van der Waals surface area contributed by atoms with Crippen molar-refractivity contribution >= 4 is 23.4 Å². The lowest BCUT2D eigenvalue weighted by molar-refractivity contribution is -0.137. The van der Waals surface area contributed by atoms with Crippen molar-refractivity contribution in [1.82, 2.24) is 9.80 Å². The van der Waals surface area contributed by atoms with E-state index < -0.39 is 11.9 Å². The first-order valence-electron chi connectivity index (χ1n) is 9.62. The van der Waals surface area contributed by atoms with Crippen LogP contribution in [-0.4, -0.2) is 53.9 Å².